The smallest absolute Gasteiger partial charge is 0.146 e. The fourth-order valence-electron chi connectivity index (χ4n) is 7.98. The van der Waals surface area contributed by atoms with Crippen molar-refractivity contribution in [3.8, 4) is 22.5 Å². The number of imidazole rings is 1. The zero-order valence-electron chi connectivity index (χ0n) is 29.2. The van der Waals surface area contributed by atoms with Gasteiger partial charge in [-0.05, 0) is 56.5 Å². The Morgan fingerprint density at radius 2 is 1.47 bits per heavy atom. The molecule has 0 bridgehead atoms. The van der Waals surface area contributed by atoms with E-state index in [1.54, 1.807) is 0 Å². The highest BCUT2D eigenvalue weighted by Gasteiger charge is 2.45. The number of hydrogen-bond donors (Lipinski definition) is 2. The molecule has 3 N–H and O–H groups in total. The van der Waals surface area contributed by atoms with Gasteiger partial charge < -0.3 is 11.1 Å². The van der Waals surface area contributed by atoms with Crippen molar-refractivity contribution in [2.75, 3.05) is 13.1 Å². The van der Waals surface area contributed by atoms with Crippen LogP contribution in [-0.2, 0) is 6.54 Å². The van der Waals surface area contributed by atoms with Crippen LogP contribution in [0.25, 0.3) is 55.8 Å². The van der Waals surface area contributed by atoms with Crippen LogP contribution >= 0.6 is 0 Å². The molecule has 6 heteroatoms. The van der Waals surface area contributed by atoms with Crippen LogP contribution in [-0.4, -0.2) is 33.8 Å². The van der Waals surface area contributed by atoms with Crippen molar-refractivity contribution in [1.82, 2.24) is 19.8 Å². The lowest BCUT2D eigenvalue weighted by atomic mass is 9.96. The van der Waals surface area contributed by atoms with Crippen molar-refractivity contribution in [3.05, 3.63) is 186 Å². The molecule has 53 heavy (non-hydrogen) atoms. The summed E-state index contributed by atoms with van der Waals surface area (Å²) >= 11 is 0. The maximum Gasteiger partial charge on any atom is 0.146 e. The van der Waals surface area contributed by atoms with E-state index in [0.717, 1.165) is 75.9 Å². The van der Waals surface area contributed by atoms with Gasteiger partial charge in [-0.1, -0.05) is 146 Å². The molecule has 3 unspecified atom stereocenters. The Hall–Kier alpha value is -6.34. The van der Waals surface area contributed by atoms with Crippen molar-refractivity contribution in [2.24, 2.45) is 10.7 Å². The van der Waals surface area contributed by atoms with Gasteiger partial charge in [0, 0.05) is 42.8 Å². The first kappa shape index (κ1) is 31.4. The zero-order chi connectivity index (χ0) is 35.3. The number of allylic oxidation sites excluding steroid dienone is 2. The molecular formula is C47H38N6. The zero-order valence-corrected chi connectivity index (χ0v) is 29.2. The minimum Gasteiger partial charge on any atom is -0.368 e. The van der Waals surface area contributed by atoms with Gasteiger partial charge in [0.2, 0.25) is 0 Å². The number of rotatable bonds is 8. The summed E-state index contributed by atoms with van der Waals surface area (Å²) in [4.78, 5) is 12.9. The van der Waals surface area contributed by atoms with Gasteiger partial charge in [0.25, 0.3) is 0 Å². The van der Waals surface area contributed by atoms with E-state index in [4.69, 9.17) is 15.7 Å². The molecule has 6 aromatic carbocycles. The van der Waals surface area contributed by atoms with Crippen LogP contribution in [0.2, 0.25) is 0 Å². The van der Waals surface area contributed by atoms with E-state index < -0.39 is 0 Å². The summed E-state index contributed by atoms with van der Waals surface area (Å²) in [6.45, 7) is 2.91. The number of nitrogens with one attached hydrogen (secondary N) is 1. The monoisotopic (exact) mass is 686 g/mol. The molecule has 0 radical (unpaired) electrons. The third kappa shape index (κ3) is 5.69. The van der Waals surface area contributed by atoms with Crippen LogP contribution in [0.5, 0.6) is 0 Å². The van der Waals surface area contributed by atoms with Gasteiger partial charge in [-0.2, -0.15) is 0 Å². The van der Waals surface area contributed by atoms with E-state index in [1.807, 2.05) is 48.7 Å². The van der Waals surface area contributed by atoms with Crippen molar-refractivity contribution in [3.63, 3.8) is 0 Å². The van der Waals surface area contributed by atoms with E-state index in [-0.39, 0.29) is 6.04 Å². The first-order chi connectivity index (χ1) is 26.2. The fourth-order valence-corrected chi connectivity index (χ4v) is 7.98. The number of hydrogen-bond acceptors (Lipinski definition) is 5. The Morgan fingerprint density at radius 3 is 2.21 bits per heavy atom. The van der Waals surface area contributed by atoms with Crippen molar-refractivity contribution >= 4 is 39.5 Å². The maximum absolute atomic E-state index is 6.66. The molecule has 6 nitrogen and oxygen atoms in total. The van der Waals surface area contributed by atoms with E-state index in [2.05, 4.69) is 130 Å². The van der Waals surface area contributed by atoms with Gasteiger partial charge in [-0.15, -0.1) is 0 Å². The van der Waals surface area contributed by atoms with Crippen LogP contribution in [0.3, 0.4) is 0 Å². The normalized spacial score (nSPS) is 18.2. The molecule has 1 aromatic heterocycles. The number of benzene rings is 6. The van der Waals surface area contributed by atoms with Crippen LogP contribution in [0.4, 0.5) is 0 Å². The SMILES string of the molecule is NC(/C=C(\N=Cc1ccccc1)c1ccc(-c2ccc(-c3nc4c5ccccc5c5c(c4n3C3=CC=CCN3)CN3CC53)cc2)cc1)c1ccccc1. The molecule has 10 rings (SSSR count). The van der Waals surface area contributed by atoms with Crippen molar-refractivity contribution < 1.29 is 0 Å². The van der Waals surface area contributed by atoms with Crippen molar-refractivity contribution in [1.29, 1.82) is 0 Å². The van der Waals surface area contributed by atoms with Crippen LogP contribution in [0, 0.1) is 0 Å². The molecule has 1 fully saturated rings. The summed E-state index contributed by atoms with van der Waals surface area (Å²) in [5, 5.41) is 6.20. The minimum atomic E-state index is -0.284. The van der Waals surface area contributed by atoms with Gasteiger partial charge in [-0.3, -0.25) is 14.5 Å². The number of aliphatic imine (C=N–C) groups is 1. The molecule has 0 saturated carbocycles. The van der Waals surface area contributed by atoms with Gasteiger partial charge in [0.15, 0.2) is 0 Å². The molecule has 1 saturated heterocycles. The Balaban J connectivity index is 1.01. The number of dihydropyridines is 1. The second-order valence-electron chi connectivity index (χ2n) is 14.0. The summed E-state index contributed by atoms with van der Waals surface area (Å²) in [6.07, 6.45) is 10.4. The van der Waals surface area contributed by atoms with E-state index in [1.165, 1.54) is 27.4 Å². The van der Waals surface area contributed by atoms with Gasteiger partial charge in [0.05, 0.1) is 22.8 Å². The molecule has 256 valence electrons. The van der Waals surface area contributed by atoms with Gasteiger partial charge in [-0.25, -0.2) is 4.98 Å². The van der Waals surface area contributed by atoms with Gasteiger partial charge in [0.1, 0.15) is 11.6 Å². The fraction of sp³-hybridized carbons (Fsp3) is 0.106. The molecule has 4 heterocycles. The lowest BCUT2D eigenvalue weighted by Crippen LogP contribution is -2.20. The quantitative estimate of drug-likeness (QED) is 0.123. The predicted molar refractivity (Wildman–Crippen MR) is 218 cm³/mol. The maximum atomic E-state index is 6.66. The van der Waals surface area contributed by atoms with Crippen molar-refractivity contribution in [2.45, 2.75) is 18.6 Å². The topological polar surface area (TPSA) is 71.2 Å². The average molecular weight is 687 g/mol. The number of nitrogens with zero attached hydrogens (tertiary/aromatic N) is 4. The van der Waals surface area contributed by atoms with Gasteiger partial charge >= 0.3 is 0 Å². The number of fused-ring (bicyclic) bond motifs is 8. The minimum absolute atomic E-state index is 0.284. The molecule has 0 aliphatic carbocycles. The average Bonchev–Trinajstić information content (AvgIpc) is 3.70. The number of aromatic nitrogens is 2. The Labute approximate surface area is 308 Å². The summed E-state index contributed by atoms with van der Waals surface area (Å²) in [5.74, 6) is 2.01. The highest BCUT2D eigenvalue weighted by atomic mass is 15.3. The molecule has 3 aliphatic heterocycles. The highest BCUT2D eigenvalue weighted by molar-refractivity contribution is 6.10. The standard InChI is InChI=1S/C47H38N6/c48-40(34-13-5-2-6-14-34)27-41(50-28-31-11-3-1-4-12-31)35-22-18-32(19-23-35)33-20-24-36(25-21-33)47-51-45-38-16-8-7-15-37(38)44-39(29-52-30-42(44)52)46(45)53(47)43-17-9-10-26-49-43/h1-25,27-28,40,42,49H,26,29-30,48H2/b41-27-,50-28?. The third-order valence-electron chi connectivity index (χ3n) is 10.7. The Bertz CT molecular complexity index is 2610. The van der Waals surface area contributed by atoms with E-state index in [9.17, 15) is 0 Å². The Kier molecular flexibility index (Phi) is 7.71. The molecular weight excluding hydrogens is 649 g/mol. The molecule has 7 aromatic rings. The highest BCUT2D eigenvalue weighted by Crippen LogP contribution is 2.51. The lowest BCUT2D eigenvalue weighted by molar-refractivity contribution is 0.549. The summed E-state index contributed by atoms with van der Waals surface area (Å²) in [6, 6.07) is 46.8. The van der Waals surface area contributed by atoms with E-state index in [0.29, 0.717) is 6.04 Å². The Morgan fingerprint density at radius 1 is 0.792 bits per heavy atom. The molecule has 0 spiro atoms. The van der Waals surface area contributed by atoms with Crippen LogP contribution in [0.15, 0.2) is 163 Å². The first-order valence-electron chi connectivity index (χ1n) is 18.3. The number of nitrogens with two attached hydrogens (primary N) is 1. The molecule has 3 atom stereocenters. The first-order valence-corrected chi connectivity index (χ1v) is 18.3. The third-order valence-corrected chi connectivity index (χ3v) is 10.7. The van der Waals surface area contributed by atoms with E-state index >= 15 is 0 Å². The predicted octanol–water partition coefficient (Wildman–Crippen LogP) is 9.51. The molecule has 0 amide bonds. The largest absolute Gasteiger partial charge is 0.368 e. The summed E-state index contributed by atoms with van der Waals surface area (Å²) in [7, 11) is 0. The second-order valence-corrected chi connectivity index (χ2v) is 14.0. The second kappa shape index (κ2) is 13.0. The lowest BCUT2D eigenvalue weighted by Gasteiger charge is -2.19. The molecule has 3 aliphatic rings. The van der Waals surface area contributed by atoms with Crippen LogP contribution in [0.1, 0.15) is 39.9 Å². The van der Waals surface area contributed by atoms with Crippen LogP contribution < -0.4 is 11.1 Å². The summed E-state index contributed by atoms with van der Waals surface area (Å²) in [5.41, 5.74) is 19.1. The summed E-state index contributed by atoms with van der Waals surface area (Å²) < 4.78 is 2.36.